The van der Waals surface area contributed by atoms with Crippen LogP contribution in [0.3, 0.4) is 0 Å². The van der Waals surface area contributed by atoms with Gasteiger partial charge in [-0.3, -0.25) is 0 Å². The van der Waals surface area contributed by atoms with E-state index in [0.29, 0.717) is 31.2 Å². The molecule has 1 aliphatic rings. The van der Waals surface area contributed by atoms with E-state index in [9.17, 15) is 10.1 Å². The number of aromatic nitrogens is 6. The lowest BCUT2D eigenvalue weighted by Crippen LogP contribution is -2.65. The van der Waals surface area contributed by atoms with Crippen molar-refractivity contribution in [1.82, 2.24) is 34.4 Å². The number of ether oxygens (including phenoxy) is 2. The summed E-state index contributed by atoms with van der Waals surface area (Å²) in [5.41, 5.74) is 0.701. The molecule has 0 saturated carbocycles. The summed E-state index contributed by atoms with van der Waals surface area (Å²) in [6.45, 7) is 14.2. The number of hydrogen-bond donors (Lipinski definition) is 0. The normalized spacial score (nSPS) is 15.5. The fourth-order valence-corrected chi connectivity index (χ4v) is 4.79. The maximum atomic E-state index is 12.4. The molecule has 36 heavy (non-hydrogen) atoms. The van der Waals surface area contributed by atoms with Gasteiger partial charge in [0.15, 0.2) is 0 Å². The van der Waals surface area contributed by atoms with E-state index in [1.807, 2.05) is 37.6 Å². The number of rotatable bonds is 8. The van der Waals surface area contributed by atoms with Crippen LogP contribution in [0.25, 0.3) is 22.4 Å². The van der Waals surface area contributed by atoms with E-state index in [1.54, 1.807) is 11.1 Å². The predicted octanol–water partition coefficient (Wildman–Crippen LogP) is 3.86. The van der Waals surface area contributed by atoms with Crippen molar-refractivity contribution in [2.45, 2.75) is 70.7 Å². The van der Waals surface area contributed by atoms with Gasteiger partial charge < -0.3 is 18.9 Å². The highest BCUT2D eigenvalue weighted by Crippen LogP contribution is 2.34. The summed E-state index contributed by atoms with van der Waals surface area (Å²) in [7, 11) is -1.15. The topological polar surface area (TPSA) is 124 Å². The number of likely N-dealkylation sites (tertiary alicyclic amines) is 1. The lowest BCUT2D eigenvalue weighted by atomic mass is 9.88. The second-order valence-electron chi connectivity index (χ2n) is 11.5. The Labute approximate surface area is 212 Å². The van der Waals surface area contributed by atoms with Crippen LogP contribution in [0.2, 0.25) is 25.7 Å². The molecule has 0 aromatic carbocycles. The third kappa shape index (κ3) is 5.57. The fourth-order valence-electron chi connectivity index (χ4n) is 4.03. The van der Waals surface area contributed by atoms with E-state index in [0.717, 1.165) is 23.7 Å². The molecule has 4 heterocycles. The second kappa shape index (κ2) is 9.63. The fraction of sp³-hybridized carbons (Fsp3) is 0.583. The first kappa shape index (κ1) is 25.8. The molecule has 1 amide bonds. The average Bonchev–Trinajstić information content (AvgIpc) is 3.39. The van der Waals surface area contributed by atoms with Gasteiger partial charge in [0.2, 0.25) is 0 Å². The van der Waals surface area contributed by atoms with Gasteiger partial charge in [-0.2, -0.15) is 20.3 Å². The van der Waals surface area contributed by atoms with Crippen molar-refractivity contribution >= 4 is 25.2 Å². The van der Waals surface area contributed by atoms with Gasteiger partial charge in [-0.15, -0.1) is 0 Å². The maximum Gasteiger partial charge on any atom is 0.410 e. The summed E-state index contributed by atoms with van der Waals surface area (Å²) in [4.78, 5) is 24.4. The van der Waals surface area contributed by atoms with Gasteiger partial charge in [-0.1, -0.05) is 19.6 Å². The van der Waals surface area contributed by atoms with Crippen LogP contribution in [0.5, 0.6) is 0 Å². The van der Waals surface area contributed by atoms with E-state index in [1.165, 1.54) is 11.1 Å². The van der Waals surface area contributed by atoms with Gasteiger partial charge in [0.25, 0.3) is 0 Å². The quantitative estimate of drug-likeness (QED) is 0.330. The molecule has 3 aromatic heterocycles. The monoisotopic (exact) mass is 510 g/mol. The second-order valence-corrected chi connectivity index (χ2v) is 17.1. The number of nitrogens with zero attached hydrogens (tertiary/aromatic N) is 8. The largest absolute Gasteiger partial charge is 0.444 e. The van der Waals surface area contributed by atoms with Gasteiger partial charge >= 0.3 is 6.09 Å². The van der Waals surface area contributed by atoms with Crippen molar-refractivity contribution in [2.24, 2.45) is 0 Å². The number of carbonyl (C=O) groups excluding carboxylic acids is 1. The summed E-state index contributed by atoms with van der Waals surface area (Å²) < 4.78 is 13.3. The Morgan fingerprint density at radius 3 is 2.67 bits per heavy atom. The predicted molar refractivity (Wildman–Crippen MR) is 137 cm³/mol. The first-order valence-electron chi connectivity index (χ1n) is 12.1. The summed E-state index contributed by atoms with van der Waals surface area (Å²) in [6.07, 6.45) is 4.84. The minimum absolute atomic E-state index is 0.171. The van der Waals surface area contributed by atoms with Gasteiger partial charge in [0, 0.05) is 26.3 Å². The molecule has 12 heteroatoms. The smallest absolute Gasteiger partial charge is 0.410 e. The first-order valence-corrected chi connectivity index (χ1v) is 15.8. The SMILES string of the molecule is CC(C)(C)OC(=O)N1CC(CC#N)(n2ncc(-c3ncnc4c3ccn4COCC[Si](C)(C)C)n2)C1. The Kier molecular flexibility index (Phi) is 6.89. The highest BCUT2D eigenvalue weighted by molar-refractivity contribution is 6.76. The molecule has 0 aliphatic carbocycles. The Bertz CT molecular complexity index is 1270. The molecule has 0 atom stereocenters. The molecule has 0 N–H and O–H groups in total. The third-order valence-electron chi connectivity index (χ3n) is 5.97. The van der Waals surface area contributed by atoms with E-state index in [2.05, 4.69) is 45.9 Å². The molecule has 0 spiro atoms. The van der Waals surface area contributed by atoms with Gasteiger partial charge in [-0.05, 0) is 32.9 Å². The van der Waals surface area contributed by atoms with Gasteiger partial charge in [-0.25, -0.2) is 14.8 Å². The molecule has 0 bridgehead atoms. The number of carbonyl (C=O) groups is 1. The molecule has 1 saturated heterocycles. The zero-order valence-electron chi connectivity index (χ0n) is 21.9. The van der Waals surface area contributed by atoms with E-state index in [4.69, 9.17) is 9.47 Å². The summed E-state index contributed by atoms with van der Waals surface area (Å²) in [5, 5.41) is 19.4. The van der Waals surface area contributed by atoms with Gasteiger partial charge in [0.1, 0.15) is 41.2 Å². The van der Waals surface area contributed by atoms with Crippen LogP contribution in [0.4, 0.5) is 4.79 Å². The maximum absolute atomic E-state index is 12.4. The van der Waals surface area contributed by atoms with Crippen molar-refractivity contribution in [3.8, 4) is 17.5 Å². The number of fused-ring (bicyclic) bond motifs is 1. The van der Waals surface area contributed by atoms with E-state index >= 15 is 0 Å². The Morgan fingerprint density at radius 2 is 2.00 bits per heavy atom. The Balaban J connectivity index is 1.51. The summed E-state index contributed by atoms with van der Waals surface area (Å²) in [5.74, 6) is 0. The zero-order valence-corrected chi connectivity index (χ0v) is 22.9. The summed E-state index contributed by atoms with van der Waals surface area (Å²) >= 11 is 0. The first-order chi connectivity index (χ1) is 16.9. The van der Waals surface area contributed by atoms with Crippen molar-refractivity contribution in [3.05, 3.63) is 24.8 Å². The molecule has 1 aliphatic heterocycles. The van der Waals surface area contributed by atoms with Crippen LogP contribution in [0.15, 0.2) is 24.8 Å². The average molecular weight is 511 g/mol. The number of nitriles is 1. The van der Waals surface area contributed by atoms with Crippen LogP contribution >= 0.6 is 0 Å². The van der Waals surface area contributed by atoms with Gasteiger partial charge in [0.05, 0.1) is 31.8 Å². The van der Waals surface area contributed by atoms with E-state index in [-0.39, 0.29) is 6.42 Å². The minimum atomic E-state index is -1.15. The highest BCUT2D eigenvalue weighted by atomic mass is 28.3. The third-order valence-corrected chi connectivity index (χ3v) is 7.68. The van der Waals surface area contributed by atoms with E-state index < -0.39 is 25.3 Å². The molecule has 0 unspecified atom stereocenters. The van der Waals surface area contributed by atoms with Crippen molar-refractivity contribution < 1.29 is 14.3 Å². The van der Waals surface area contributed by atoms with Crippen LogP contribution in [0.1, 0.15) is 27.2 Å². The van der Waals surface area contributed by atoms with Crippen molar-refractivity contribution in [3.63, 3.8) is 0 Å². The minimum Gasteiger partial charge on any atom is -0.444 e. The highest BCUT2D eigenvalue weighted by Gasteiger charge is 2.50. The molecule has 3 aromatic rings. The van der Waals surface area contributed by atoms with Crippen LogP contribution in [0, 0.1) is 11.3 Å². The lowest BCUT2D eigenvalue weighted by Gasteiger charge is -2.47. The lowest BCUT2D eigenvalue weighted by molar-refractivity contribution is -0.0361. The van der Waals surface area contributed by atoms with Crippen molar-refractivity contribution in [2.75, 3.05) is 19.7 Å². The molecule has 4 rings (SSSR count). The Hall–Kier alpha value is -3.30. The molecule has 0 radical (unpaired) electrons. The summed E-state index contributed by atoms with van der Waals surface area (Å²) in [6, 6.07) is 5.26. The van der Waals surface area contributed by atoms with Crippen molar-refractivity contribution in [1.29, 1.82) is 5.26 Å². The molecule has 11 nitrogen and oxygen atoms in total. The molecule has 1 fully saturated rings. The Morgan fingerprint density at radius 1 is 1.25 bits per heavy atom. The molecular formula is C24H34N8O3Si. The number of amides is 1. The van der Waals surface area contributed by atoms with Crippen LogP contribution in [-0.2, 0) is 21.7 Å². The molecular weight excluding hydrogens is 476 g/mol. The van der Waals surface area contributed by atoms with Crippen LogP contribution < -0.4 is 0 Å². The standard InChI is InChI=1S/C24H34N8O3Si/c1-23(2,3)35-22(33)31-14-24(15-31,8-9-25)32-28-13-19(29-32)20-18-7-10-30(21(18)27-16-26-20)17-34-11-12-36(4,5)6/h7,10,13,16H,8,11-12,14-15,17H2,1-6H3. The number of hydrogen-bond acceptors (Lipinski definition) is 8. The van der Waals surface area contributed by atoms with Crippen LogP contribution in [-0.4, -0.2) is 73.9 Å². The zero-order chi connectivity index (χ0) is 26.1. The molecule has 192 valence electrons.